The van der Waals surface area contributed by atoms with Crippen LogP contribution in [0.15, 0.2) is 18.3 Å². The van der Waals surface area contributed by atoms with Crippen LogP contribution in [-0.4, -0.2) is 48.0 Å². The Kier molecular flexibility index (Phi) is 6.65. The summed E-state index contributed by atoms with van der Waals surface area (Å²) in [4.78, 5) is 27.1. The van der Waals surface area contributed by atoms with Gasteiger partial charge in [0.25, 0.3) is 0 Å². The summed E-state index contributed by atoms with van der Waals surface area (Å²) in [6, 6.07) is 3.40. The molecule has 26 heavy (non-hydrogen) atoms. The molecule has 1 aromatic heterocycles. The van der Waals surface area contributed by atoms with Crippen LogP contribution >= 0.6 is 0 Å². The fourth-order valence-electron chi connectivity index (χ4n) is 2.29. The molecule has 0 radical (unpaired) electrons. The van der Waals surface area contributed by atoms with Gasteiger partial charge < -0.3 is 24.3 Å². The van der Waals surface area contributed by atoms with Gasteiger partial charge in [-0.15, -0.1) is 0 Å². The fraction of sp³-hybridized carbons (Fsp3) is 0.611. The Balaban J connectivity index is 1.68. The molecule has 0 aromatic carbocycles. The third-order valence-corrected chi connectivity index (χ3v) is 3.47. The number of nitrogens with zero attached hydrogens (tertiary/aromatic N) is 1. The van der Waals surface area contributed by atoms with E-state index in [2.05, 4.69) is 10.3 Å². The van der Waals surface area contributed by atoms with Gasteiger partial charge in [0.05, 0.1) is 12.8 Å². The van der Waals surface area contributed by atoms with Crippen LogP contribution in [0, 0.1) is 0 Å². The van der Waals surface area contributed by atoms with E-state index >= 15 is 0 Å². The molecular weight excluding hydrogens is 340 g/mol. The van der Waals surface area contributed by atoms with E-state index in [9.17, 15) is 9.59 Å². The molecule has 0 unspecified atom stereocenters. The first-order chi connectivity index (χ1) is 12.2. The van der Waals surface area contributed by atoms with Gasteiger partial charge in [-0.05, 0) is 33.8 Å². The first-order valence-corrected chi connectivity index (χ1v) is 8.66. The molecule has 144 valence electrons. The highest BCUT2D eigenvalue weighted by atomic mass is 16.6. The molecule has 1 aromatic rings. The van der Waals surface area contributed by atoms with E-state index in [-0.39, 0.29) is 18.8 Å². The standard InChI is InChI=1S/C18H26N2O6/c1-5-23-16(21)11-24-13-6-7-15(19-10-13)25-14-8-12(9-14)20-17(22)26-18(2,3)4/h6-7,10,12,14H,5,8-9,11H2,1-4H3,(H,20,22). The molecule has 8 heteroatoms. The number of rotatable bonds is 7. The first-order valence-electron chi connectivity index (χ1n) is 8.66. The molecular formula is C18H26N2O6. The van der Waals surface area contributed by atoms with Crippen molar-refractivity contribution in [2.24, 2.45) is 0 Å². The van der Waals surface area contributed by atoms with E-state index < -0.39 is 17.7 Å². The summed E-state index contributed by atoms with van der Waals surface area (Å²) in [5.74, 6) is 0.503. The zero-order valence-corrected chi connectivity index (χ0v) is 15.6. The second-order valence-corrected chi connectivity index (χ2v) is 6.98. The Morgan fingerprint density at radius 3 is 2.58 bits per heavy atom. The van der Waals surface area contributed by atoms with E-state index in [0.717, 1.165) is 0 Å². The van der Waals surface area contributed by atoms with Crippen LogP contribution in [-0.2, 0) is 14.3 Å². The Morgan fingerprint density at radius 2 is 2.00 bits per heavy atom. The molecule has 0 spiro atoms. The largest absolute Gasteiger partial charge is 0.480 e. The predicted octanol–water partition coefficient (Wildman–Crippen LogP) is 2.46. The van der Waals surface area contributed by atoms with Gasteiger partial charge in [-0.1, -0.05) is 0 Å². The van der Waals surface area contributed by atoms with Crippen molar-refractivity contribution in [1.82, 2.24) is 10.3 Å². The van der Waals surface area contributed by atoms with Crippen molar-refractivity contribution in [1.29, 1.82) is 0 Å². The SMILES string of the molecule is CCOC(=O)COc1ccc(OC2CC(NC(=O)OC(C)(C)C)C2)nc1. The lowest BCUT2D eigenvalue weighted by atomic mass is 9.89. The molecule has 1 aliphatic carbocycles. The lowest BCUT2D eigenvalue weighted by Crippen LogP contribution is -2.50. The lowest BCUT2D eigenvalue weighted by molar-refractivity contribution is -0.145. The number of carbonyl (C=O) groups excluding carboxylic acids is 2. The summed E-state index contributed by atoms with van der Waals surface area (Å²) >= 11 is 0. The summed E-state index contributed by atoms with van der Waals surface area (Å²) in [6.45, 7) is 7.37. The summed E-state index contributed by atoms with van der Waals surface area (Å²) in [5, 5.41) is 2.81. The summed E-state index contributed by atoms with van der Waals surface area (Å²) in [6.07, 6.45) is 2.46. The summed E-state index contributed by atoms with van der Waals surface area (Å²) in [5.41, 5.74) is -0.509. The quantitative estimate of drug-likeness (QED) is 0.741. The number of amides is 1. The number of esters is 1. The van der Waals surface area contributed by atoms with Gasteiger partial charge in [0, 0.05) is 24.9 Å². The number of alkyl carbamates (subject to hydrolysis) is 1. The van der Waals surface area contributed by atoms with Crippen LogP contribution < -0.4 is 14.8 Å². The number of hydrogen-bond donors (Lipinski definition) is 1. The normalized spacial score (nSPS) is 19.1. The Bertz CT molecular complexity index is 605. The predicted molar refractivity (Wildman–Crippen MR) is 93.2 cm³/mol. The molecule has 8 nitrogen and oxygen atoms in total. The highest BCUT2D eigenvalue weighted by Crippen LogP contribution is 2.26. The molecule has 1 fully saturated rings. The minimum absolute atomic E-state index is 0.00580. The number of aromatic nitrogens is 1. The molecule has 1 saturated carbocycles. The van der Waals surface area contributed by atoms with Crippen LogP contribution in [0.2, 0.25) is 0 Å². The van der Waals surface area contributed by atoms with Crippen molar-refractivity contribution < 1.29 is 28.5 Å². The van der Waals surface area contributed by atoms with Crippen LogP contribution in [0.3, 0.4) is 0 Å². The highest BCUT2D eigenvalue weighted by molar-refractivity contribution is 5.71. The number of nitrogens with one attached hydrogen (secondary N) is 1. The number of pyridine rings is 1. The Labute approximate surface area is 153 Å². The van der Waals surface area contributed by atoms with Gasteiger partial charge in [-0.3, -0.25) is 0 Å². The van der Waals surface area contributed by atoms with Crippen molar-refractivity contribution in [3.05, 3.63) is 18.3 Å². The second-order valence-electron chi connectivity index (χ2n) is 6.98. The minimum atomic E-state index is -0.509. The maximum atomic E-state index is 11.7. The van der Waals surface area contributed by atoms with Gasteiger partial charge in [-0.25, -0.2) is 14.6 Å². The molecule has 1 heterocycles. The van der Waals surface area contributed by atoms with E-state index in [4.69, 9.17) is 18.9 Å². The molecule has 1 aliphatic rings. The third-order valence-electron chi connectivity index (χ3n) is 3.47. The summed E-state index contributed by atoms with van der Waals surface area (Å²) in [7, 11) is 0. The van der Waals surface area contributed by atoms with Crippen molar-refractivity contribution in [3.63, 3.8) is 0 Å². The zero-order chi connectivity index (χ0) is 19.2. The van der Waals surface area contributed by atoms with E-state index in [1.54, 1.807) is 19.1 Å². The molecule has 0 bridgehead atoms. The monoisotopic (exact) mass is 366 g/mol. The van der Waals surface area contributed by atoms with Gasteiger partial charge in [-0.2, -0.15) is 0 Å². The van der Waals surface area contributed by atoms with Crippen molar-refractivity contribution >= 4 is 12.1 Å². The number of carbonyl (C=O) groups is 2. The van der Waals surface area contributed by atoms with Gasteiger partial charge in [0.2, 0.25) is 5.88 Å². The topological polar surface area (TPSA) is 96.0 Å². The molecule has 1 amide bonds. The maximum Gasteiger partial charge on any atom is 0.407 e. The second kappa shape index (κ2) is 8.73. The number of ether oxygens (including phenoxy) is 4. The molecule has 0 aliphatic heterocycles. The van der Waals surface area contributed by atoms with Crippen LogP contribution in [0.5, 0.6) is 11.6 Å². The summed E-state index contributed by atoms with van der Waals surface area (Å²) < 4.78 is 21.0. The van der Waals surface area contributed by atoms with Crippen molar-refractivity contribution in [2.75, 3.05) is 13.2 Å². The van der Waals surface area contributed by atoms with Crippen molar-refractivity contribution in [2.45, 2.75) is 58.3 Å². The van der Waals surface area contributed by atoms with E-state index in [1.165, 1.54) is 6.20 Å². The van der Waals surface area contributed by atoms with Gasteiger partial charge >= 0.3 is 12.1 Å². The first kappa shape index (κ1) is 19.8. The lowest BCUT2D eigenvalue weighted by Gasteiger charge is -2.35. The Morgan fingerprint density at radius 1 is 1.27 bits per heavy atom. The molecule has 2 rings (SSSR count). The minimum Gasteiger partial charge on any atom is -0.480 e. The molecule has 0 atom stereocenters. The van der Waals surface area contributed by atoms with Crippen LogP contribution in [0.25, 0.3) is 0 Å². The zero-order valence-electron chi connectivity index (χ0n) is 15.6. The third kappa shape index (κ3) is 6.78. The maximum absolute atomic E-state index is 11.7. The van der Waals surface area contributed by atoms with Crippen LogP contribution in [0.4, 0.5) is 4.79 Å². The molecule has 1 N–H and O–H groups in total. The van der Waals surface area contributed by atoms with E-state index in [1.807, 2.05) is 20.8 Å². The molecule has 0 saturated heterocycles. The van der Waals surface area contributed by atoms with Crippen molar-refractivity contribution in [3.8, 4) is 11.6 Å². The number of hydrogen-bond acceptors (Lipinski definition) is 7. The fourth-order valence-corrected chi connectivity index (χ4v) is 2.29. The van der Waals surface area contributed by atoms with Gasteiger partial charge in [0.1, 0.15) is 17.5 Å². The average molecular weight is 366 g/mol. The van der Waals surface area contributed by atoms with Crippen LogP contribution in [0.1, 0.15) is 40.5 Å². The van der Waals surface area contributed by atoms with E-state index in [0.29, 0.717) is 31.1 Å². The highest BCUT2D eigenvalue weighted by Gasteiger charge is 2.33. The average Bonchev–Trinajstić information content (AvgIpc) is 2.50. The smallest absolute Gasteiger partial charge is 0.407 e. The Hall–Kier alpha value is -2.51. The van der Waals surface area contributed by atoms with Gasteiger partial charge in [0.15, 0.2) is 6.61 Å².